The van der Waals surface area contributed by atoms with Gasteiger partial charge in [-0.05, 0) is 100 Å². The predicted octanol–water partition coefficient (Wildman–Crippen LogP) is 8.73. The number of benzene rings is 2. The molecule has 232 valence electrons. The summed E-state index contributed by atoms with van der Waals surface area (Å²) in [5, 5.41) is 0. The van der Waals surface area contributed by atoms with Crippen molar-refractivity contribution in [3.63, 3.8) is 0 Å². The van der Waals surface area contributed by atoms with Crippen molar-refractivity contribution in [2.24, 2.45) is 11.8 Å². The van der Waals surface area contributed by atoms with Crippen LogP contribution in [0, 0.1) is 11.8 Å². The topological polar surface area (TPSA) is 59.1 Å². The number of hydrogen-bond acceptors (Lipinski definition) is 6. The van der Waals surface area contributed by atoms with Crippen molar-refractivity contribution < 1.29 is 19.1 Å². The smallest absolute Gasteiger partial charge is 0.163 e. The quantitative estimate of drug-likeness (QED) is 0.0989. The standard InChI is InChI=1S/C37H50N2O4/c1-9-38(10-2)32-17-13-30(36(25-32)42-23-21-28(5)6)15-19-34(40)27-35(41)20-16-31-14-18-33(39(11-3)12-4)26-37(31)43-24-22-29(7)8/h13-26,28-29H,9-12,27H2,1-8H3/b19-15+,20-16+,23-21?,24-22?. The molecule has 2 aromatic rings. The Morgan fingerprint density at radius 3 is 1.35 bits per heavy atom. The van der Waals surface area contributed by atoms with Crippen LogP contribution in [0.15, 0.2) is 73.2 Å². The van der Waals surface area contributed by atoms with Gasteiger partial charge in [-0.3, -0.25) is 9.59 Å². The van der Waals surface area contributed by atoms with Crippen LogP contribution in [-0.4, -0.2) is 37.7 Å². The minimum atomic E-state index is -0.278. The van der Waals surface area contributed by atoms with Crippen LogP contribution in [-0.2, 0) is 9.59 Å². The van der Waals surface area contributed by atoms with E-state index in [2.05, 4.69) is 65.2 Å². The summed E-state index contributed by atoms with van der Waals surface area (Å²) in [5.74, 6) is 1.46. The first kappa shape index (κ1) is 35.1. The summed E-state index contributed by atoms with van der Waals surface area (Å²) in [7, 11) is 0. The molecule has 0 aliphatic heterocycles. The maximum Gasteiger partial charge on any atom is 0.163 e. The highest BCUT2D eigenvalue weighted by molar-refractivity contribution is 6.11. The monoisotopic (exact) mass is 586 g/mol. The van der Waals surface area contributed by atoms with Gasteiger partial charge in [0.15, 0.2) is 11.6 Å². The zero-order valence-corrected chi connectivity index (χ0v) is 27.3. The van der Waals surface area contributed by atoms with Crippen molar-refractivity contribution >= 4 is 35.1 Å². The molecule has 0 aliphatic carbocycles. The van der Waals surface area contributed by atoms with Crippen molar-refractivity contribution in [3.05, 3.63) is 84.4 Å². The first-order valence-corrected chi connectivity index (χ1v) is 15.5. The van der Waals surface area contributed by atoms with E-state index in [0.717, 1.165) is 48.7 Å². The van der Waals surface area contributed by atoms with Crippen molar-refractivity contribution in [2.45, 2.75) is 61.8 Å². The lowest BCUT2D eigenvalue weighted by atomic mass is 10.1. The summed E-state index contributed by atoms with van der Waals surface area (Å²) < 4.78 is 11.9. The summed E-state index contributed by atoms with van der Waals surface area (Å²) in [6.45, 7) is 20.3. The van der Waals surface area contributed by atoms with E-state index in [-0.39, 0.29) is 18.0 Å². The van der Waals surface area contributed by atoms with Crippen LogP contribution in [0.4, 0.5) is 11.4 Å². The highest BCUT2D eigenvalue weighted by atomic mass is 16.5. The fraction of sp³-hybridized carbons (Fsp3) is 0.405. The van der Waals surface area contributed by atoms with E-state index in [9.17, 15) is 9.59 Å². The molecule has 0 N–H and O–H groups in total. The van der Waals surface area contributed by atoms with Crippen LogP contribution in [0.1, 0.15) is 72.9 Å². The Morgan fingerprint density at radius 1 is 0.651 bits per heavy atom. The molecular formula is C37H50N2O4. The van der Waals surface area contributed by atoms with Gasteiger partial charge in [0, 0.05) is 60.8 Å². The molecule has 0 aliphatic rings. The Hall–Kier alpha value is -4.06. The van der Waals surface area contributed by atoms with Gasteiger partial charge in [0.2, 0.25) is 0 Å². The molecule has 0 radical (unpaired) electrons. The number of nitrogens with zero attached hydrogens (tertiary/aromatic N) is 2. The molecule has 0 saturated carbocycles. The van der Waals surface area contributed by atoms with E-state index in [1.807, 2.05) is 48.6 Å². The van der Waals surface area contributed by atoms with Gasteiger partial charge in [-0.1, -0.05) is 27.7 Å². The van der Waals surface area contributed by atoms with Gasteiger partial charge in [-0.15, -0.1) is 0 Å². The molecule has 0 fully saturated rings. The summed E-state index contributed by atoms with van der Waals surface area (Å²) in [6, 6.07) is 11.9. The molecule has 0 atom stereocenters. The van der Waals surface area contributed by atoms with Crippen molar-refractivity contribution in [2.75, 3.05) is 36.0 Å². The van der Waals surface area contributed by atoms with Gasteiger partial charge in [-0.2, -0.15) is 0 Å². The average Bonchev–Trinajstić information content (AvgIpc) is 2.97. The van der Waals surface area contributed by atoms with Gasteiger partial charge in [0.1, 0.15) is 11.5 Å². The predicted molar refractivity (Wildman–Crippen MR) is 182 cm³/mol. The van der Waals surface area contributed by atoms with Crippen LogP contribution < -0.4 is 19.3 Å². The second-order valence-corrected chi connectivity index (χ2v) is 10.9. The van der Waals surface area contributed by atoms with Crippen LogP contribution in [0.2, 0.25) is 0 Å². The van der Waals surface area contributed by atoms with Gasteiger partial charge in [0.05, 0.1) is 18.9 Å². The van der Waals surface area contributed by atoms with Crippen LogP contribution in [0.5, 0.6) is 11.5 Å². The fourth-order valence-electron chi connectivity index (χ4n) is 4.29. The molecule has 6 nitrogen and oxygen atoms in total. The average molecular weight is 587 g/mol. The van der Waals surface area contributed by atoms with E-state index in [1.165, 1.54) is 12.2 Å². The minimum absolute atomic E-state index is 0.227. The van der Waals surface area contributed by atoms with Crippen molar-refractivity contribution in [3.8, 4) is 11.5 Å². The third kappa shape index (κ3) is 12.0. The van der Waals surface area contributed by atoms with Crippen molar-refractivity contribution in [1.82, 2.24) is 0 Å². The fourth-order valence-corrected chi connectivity index (χ4v) is 4.29. The van der Waals surface area contributed by atoms with Gasteiger partial charge in [-0.25, -0.2) is 0 Å². The van der Waals surface area contributed by atoms with E-state index in [4.69, 9.17) is 9.47 Å². The second kappa shape index (κ2) is 18.5. The number of anilines is 2. The molecule has 43 heavy (non-hydrogen) atoms. The third-order valence-corrected chi connectivity index (χ3v) is 6.81. The second-order valence-electron chi connectivity index (χ2n) is 10.9. The normalized spacial score (nSPS) is 12.0. The molecule has 0 saturated heterocycles. The van der Waals surface area contributed by atoms with E-state index < -0.39 is 0 Å². The number of carbonyl (C=O) groups is 2. The Labute approximate surface area is 259 Å². The third-order valence-electron chi connectivity index (χ3n) is 6.81. The number of hydrogen-bond donors (Lipinski definition) is 0. The summed E-state index contributed by atoms with van der Waals surface area (Å²) in [4.78, 5) is 29.9. The lowest BCUT2D eigenvalue weighted by molar-refractivity contribution is -0.121. The first-order chi connectivity index (χ1) is 20.6. The maximum atomic E-state index is 12.7. The zero-order valence-electron chi connectivity index (χ0n) is 27.3. The van der Waals surface area contributed by atoms with E-state index in [1.54, 1.807) is 24.7 Å². The number of allylic oxidation sites excluding steroid dienone is 4. The van der Waals surface area contributed by atoms with Gasteiger partial charge < -0.3 is 19.3 Å². The Balaban J connectivity index is 2.20. The molecule has 0 amide bonds. The molecule has 0 spiro atoms. The molecule has 2 aromatic carbocycles. The Kier molecular flexibility index (Phi) is 15.1. The van der Waals surface area contributed by atoms with Crippen LogP contribution >= 0.6 is 0 Å². The molecule has 0 aromatic heterocycles. The highest BCUT2D eigenvalue weighted by Crippen LogP contribution is 2.29. The zero-order chi connectivity index (χ0) is 31.8. The summed E-state index contributed by atoms with van der Waals surface area (Å²) in [6.07, 6.45) is 13.4. The molecule has 0 bridgehead atoms. The molecule has 6 heteroatoms. The van der Waals surface area contributed by atoms with E-state index >= 15 is 0 Å². The molecule has 0 unspecified atom stereocenters. The molecule has 2 rings (SSSR count). The number of carbonyl (C=O) groups excluding carboxylic acids is 2. The largest absolute Gasteiger partial charge is 0.465 e. The highest BCUT2D eigenvalue weighted by Gasteiger charge is 2.11. The molecular weight excluding hydrogens is 536 g/mol. The first-order valence-electron chi connectivity index (χ1n) is 15.5. The Morgan fingerprint density at radius 2 is 1.02 bits per heavy atom. The van der Waals surface area contributed by atoms with Crippen LogP contribution in [0.25, 0.3) is 12.2 Å². The Bertz CT molecular complexity index is 1200. The summed E-state index contributed by atoms with van der Waals surface area (Å²) >= 11 is 0. The minimum Gasteiger partial charge on any atom is -0.465 e. The number of rotatable bonds is 18. The number of ketones is 2. The maximum absolute atomic E-state index is 12.7. The lowest BCUT2D eigenvalue weighted by Crippen LogP contribution is -2.21. The SMILES string of the molecule is CCN(CC)c1ccc(/C=C/C(=O)CC(=O)/C=C/c2ccc(N(CC)CC)cc2OC=CC(C)C)c(OC=CC(C)C)c1. The lowest BCUT2D eigenvalue weighted by Gasteiger charge is -2.22. The van der Waals surface area contributed by atoms with Crippen LogP contribution in [0.3, 0.4) is 0 Å². The van der Waals surface area contributed by atoms with Crippen molar-refractivity contribution in [1.29, 1.82) is 0 Å². The van der Waals surface area contributed by atoms with Gasteiger partial charge in [0.25, 0.3) is 0 Å². The van der Waals surface area contributed by atoms with Gasteiger partial charge >= 0.3 is 0 Å². The van der Waals surface area contributed by atoms with E-state index in [0.29, 0.717) is 23.3 Å². The molecule has 0 heterocycles. The summed E-state index contributed by atoms with van der Waals surface area (Å²) in [5.41, 5.74) is 3.64. The number of ether oxygens (including phenoxy) is 2.